The maximum absolute atomic E-state index is 16.4. The molecule has 2 aliphatic heterocycles. The van der Waals surface area contributed by atoms with Gasteiger partial charge in [0.05, 0.1) is 11.9 Å². The number of amides is 1. The lowest BCUT2D eigenvalue weighted by atomic mass is 10.0. The highest BCUT2D eigenvalue weighted by Crippen LogP contribution is 2.38. The number of hydrogen-bond acceptors (Lipinski definition) is 7. The van der Waals surface area contributed by atoms with Crippen molar-refractivity contribution in [1.82, 2.24) is 24.8 Å². The average Bonchev–Trinajstić information content (AvgIpc) is 3.26. The topological polar surface area (TPSA) is 74.7 Å². The van der Waals surface area contributed by atoms with Gasteiger partial charge in [-0.25, -0.2) is 17.6 Å². The molecule has 2 fully saturated rings. The molecule has 224 valence electrons. The Kier molecular flexibility index (Phi) is 7.59. The van der Waals surface area contributed by atoms with Gasteiger partial charge in [-0.1, -0.05) is 48.5 Å². The van der Waals surface area contributed by atoms with Crippen molar-refractivity contribution in [3.63, 3.8) is 0 Å². The van der Waals surface area contributed by atoms with Gasteiger partial charge in [0.25, 0.3) is 11.8 Å². The number of hydrogen-bond donors (Lipinski definition) is 0. The fourth-order valence-electron chi connectivity index (χ4n) is 5.72. The number of piperazine rings is 1. The van der Waals surface area contributed by atoms with Crippen molar-refractivity contribution in [2.24, 2.45) is 0 Å². The van der Waals surface area contributed by atoms with Crippen molar-refractivity contribution in [3.05, 3.63) is 65.8 Å². The number of likely N-dealkylation sites (N-methyl/N-ethyl adjacent to an activating group) is 1. The van der Waals surface area contributed by atoms with E-state index in [1.165, 1.54) is 16.0 Å². The molecule has 0 radical (unpaired) electrons. The van der Waals surface area contributed by atoms with Crippen LogP contribution in [-0.4, -0.2) is 89.0 Å². The molecule has 0 unspecified atom stereocenters. The van der Waals surface area contributed by atoms with Crippen LogP contribution in [0.15, 0.2) is 55.0 Å². The predicted molar refractivity (Wildman–Crippen MR) is 156 cm³/mol. The Labute approximate surface area is 249 Å². The number of ether oxygens (including phenoxy) is 1. The molecule has 2 saturated heterocycles. The third-order valence-electron chi connectivity index (χ3n) is 7.89. The molecule has 6 rings (SSSR count). The molecule has 0 N–H and O–H groups in total. The van der Waals surface area contributed by atoms with Gasteiger partial charge in [-0.05, 0) is 18.5 Å². The highest BCUT2D eigenvalue weighted by molar-refractivity contribution is 6.36. The number of benzene rings is 2. The summed E-state index contributed by atoms with van der Waals surface area (Å²) in [6.45, 7) is 3.41. The van der Waals surface area contributed by atoms with Crippen LogP contribution in [0.2, 0.25) is 5.02 Å². The molecular weight excluding hydrogens is 588 g/mol. The van der Waals surface area contributed by atoms with Crippen LogP contribution in [0.1, 0.15) is 6.42 Å². The number of pyridine rings is 1. The standard InChI is InChI=1S/C30H27ClF4N6O2/c1-17(32)28(42)41-11-9-40(10-12-41)27-21-14-36-25(20-7-3-5-18-6-4-8-22(31)23(18)20)24(33)26(21)37-29(38-27)43-15-19-13-30(34,35)16-39(19)2/h3-8,14,19H,1,9-13,15-16H2,2H3/t19-/m0/s1. The van der Waals surface area contributed by atoms with Crippen molar-refractivity contribution in [2.75, 3.05) is 51.3 Å². The smallest absolute Gasteiger partial charge is 0.319 e. The van der Waals surface area contributed by atoms with Crippen molar-refractivity contribution in [3.8, 4) is 17.3 Å². The highest BCUT2D eigenvalue weighted by Gasteiger charge is 2.43. The predicted octanol–water partition coefficient (Wildman–Crippen LogP) is 5.49. The van der Waals surface area contributed by atoms with Crippen LogP contribution in [0.5, 0.6) is 6.01 Å². The molecule has 2 aliphatic rings. The third-order valence-corrected chi connectivity index (χ3v) is 8.21. The molecule has 0 saturated carbocycles. The molecule has 2 aromatic heterocycles. The second-order valence-electron chi connectivity index (χ2n) is 10.8. The van der Waals surface area contributed by atoms with E-state index in [-0.39, 0.29) is 56.4 Å². The number of likely N-dealkylation sites (tertiary alicyclic amines) is 1. The van der Waals surface area contributed by atoms with Crippen LogP contribution in [0.25, 0.3) is 32.9 Å². The van der Waals surface area contributed by atoms with E-state index in [1.54, 1.807) is 36.2 Å². The first-order valence-corrected chi connectivity index (χ1v) is 14.0. The van der Waals surface area contributed by atoms with Gasteiger partial charge in [0.1, 0.15) is 23.6 Å². The number of alkyl halides is 2. The number of halogens is 5. The van der Waals surface area contributed by atoms with Gasteiger partial charge >= 0.3 is 6.01 Å². The summed E-state index contributed by atoms with van der Waals surface area (Å²) in [6, 6.07) is 9.96. The quantitative estimate of drug-likeness (QED) is 0.210. The Morgan fingerprint density at radius 2 is 1.86 bits per heavy atom. The summed E-state index contributed by atoms with van der Waals surface area (Å²) < 4.78 is 63.6. The molecule has 0 bridgehead atoms. The molecule has 2 aromatic carbocycles. The number of rotatable bonds is 6. The van der Waals surface area contributed by atoms with Gasteiger partial charge in [-0.3, -0.25) is 14.7 Å². The van der Waals surface area contributed by atoms with E-state index < -0.39 is 36.1 Å². The van der Waals surface area contributed by atoms with Crippen LogP contribution >= 0.6 is 11.6 Å². The number of carbonyl (C=O) groups is 1. The molecular formula is C30H27ClF4N6O2. The summed E-state index contributed by atoms with van der Waals surface area (Å²) in [5.41, 5.74) is 0.419. The zero-order chi connectivity index (χ0) is 30.5. The summed E-state index contributed by atoms with van der Waals surface area (Å²) in [7, 11) is 1.58. The van der Waals surface area contributed by atoms with Crippen molar-refractivity contribution in [1.29, 1.82) is 0 Å². The Balaban J connectivity index is 1.41. The molecule has 1 amide bonds. The van der Waals surface area contributed by atoms with Gasteiger partial charge in [0.2, 0.25) is 0 Å². The molecule has 1 atom stereocenters. The van der Waals surface area contributed by atoms with E-state index >= 15 is 4.39 Å². The van der Waals surface area contributed by atoms with E-state index in [0.29, 0.717) is 27.2 Å². The maximum Gasteiger partial charge on any atom is 0.319 e. The Morgan fingerprint density at radius 3 is 2.53 bits per heavy atom. The van der Waals surface area contributed by atoms with Crippen LogP contribution in [0.3, 0.4) is 0 Å². The van der Waals surface area contributed by atoms with E-state index in [4.69, 9.17) is 16.3 Å². The lowest BCUT2D eigenvalue weighted by Crippen LogP contribution is -2.49. The Bertz CT molecular complexity index is 1740. The highest BCUT2D eigenvalue weighted by atomic mass is 35.5. The Hall–Kier alpha value is -4.03. The van der Waals surface area contributed by atoms with Gasteiger partial charge in [-0.2, -0.15) is 9.97 Å². The number of fused-ring (bicyclic) bond motifs is 2. The molecule has 0 aliphatic carbocycles. The monoisotopic (exact) mass is 614 g/mol. The van der Waals surface area contributed by atoms with Crippen LogP contribution in [0.4, 0.5) is 23.4 Å². The first-order valence-electron chi connectivity index (χ1n) is 13.7. The van der Waals surface area contributed by atoms with Crippen molar-refractivity contribution in [2.45, 2.75) is 18.4 Å². The molecule has 13 heteroatoms. The second kappa shape index (κ2) is 11.2. The summed E-state index contributed by atoms with van der Waals surface area (Å²) in [5.74, 6) is -5.12. The first kappa shape index (κ1) is 29.1. The lowest BCUT2D eigenvalue weighted by Gasteiger charge is -2.35. The largest absolute Gasteiger partial charge is 0.462 e. The summed E-state index contributed by atoms with van der Waals surface area (Å²) in [4.78, 5) is 30.1. The van der Waals surface area contributed by atoms with Gasteiger partial charge in [-0.15, -0.1) is 0 Å². The fourth-order valence-corrected chi connectivity index (χ4v) is 6.00. The van der Waals surface area contributed by atoms with Gasteiger partial charge in [0.15, 0.2) is 11.6 Å². The summed E-state index contributed by atoms with van der Waals surface area (Å²) in [5, 5.41) is 2.16. The SMILES string of the molecule is C=C(F)C(=O)N1CCN(c2nc(OC[C@@H]3CC(F)(F)CN3C)nc3c(F)c(-c4cccc5cccc(Cl)c45)ncc23)CC1. The number of anilines is 1. The van der Waals surface area contributed by atoms with E-state index in [1.807, 2.05) is 12.1 Å². The minimum Gasteiger partial charge on any atom is -0.462 e. The molecule has 0 spiro atoms. The molecule has 4 heterocycles. The minimum absolute atomic E-state index is 0.0221. The summed E-state index contributed by atoms with van der Waals surface area (Å²) in [6.07, 6.45) is 1.08. The van der Waals surface area contributed by atoms with E-state index in [9.17, 15) is 18.0 Å². The third kappa shape index (κ3) is 5.56. The Morgan fingerprint density at radius 1 is 1.14 bits per heavy atom. The van der Waals surface area contributed by atoms with Gasteiger partial charge in [0, 0.05) is 60.8 Å². The van der Waals surface area contributed by atoms with Gasteiger partial charge < -0.3 is 14.5 Å². The fraction of sp³-hybridized carbons (Fsp3) is 0.333. The molecule has 43 heavy (non-hydrogen) atoms. The lowest BCUT2D eigenvalue weighted by molar-refractivity contribution is -0.128. The number of carbonyl (C=O) groups excluding carboxylic acids is 1. The first-order chi connectivity index (χ1) is 20.5. The summed E-state index contributed by atoms with van der Waals surface area (Å²) >= 11 is 6.51. The van der Waals surface area contributed by atoms with E-state index in [2.05, 4.69) is 21.5 Å². The zero-order valence-corrected chi connectivity index (χ0v) is 23.9. The van der Waals surface area contributed by atoms with Crippen LogP contribution < -0.4 is 9.64 Å². The number of nitrogens with zero attached hydrogens (tertiary/aromatic N) is 6. The normalized spacial score (nSPS) is 18.9. The van der Waals surface area contributed by atoms with Crippen LogP contribution in [0, 0.1) is 5.82 Å². The second-order valence-corrected chi connectivity index (χ2v) is 11.2. The minimum atomic E-state index is -2.84. The number of aromatic nitrogens is 3. The van der Waals surface area contributed by atoms with Crippen molar-refractivity contribution >= 4 is 45.0 Å². The van der Waals surface area contributed by atoms with Crippen LogP contribution in [-0.2, 0) is 4.79 Å². The maximum atomic E-state index is 16.4. The van der Waals surface area contributed by atoms with E-state index in [0.717, 1.165) is 5.39 Å². The molecule has 4 aromatic rings. The molecule has 8 nitrogen and oxygen atoms in total. The average molecular weight is 615 g/mol. The zero-order valence-electron chi connectivity index (χ0n) is 23.2. The van der Waals surface area contributed by atoms with Crippen molar-refractivity contribution < 1.29 is 27.1 Å².